The van der Waals surface area contributed by atoms with E-state index in [9.17, 15) is 40.8 Å². The molecule has 0 aliphatic heterocycles. The Kier molecular flexibility index (Phi) is 18.1. The molecular weight excluding hydrogens is 987 g/mol. The third kappa shape index (κ3) is 14.9. The van der Waals surface area contributed by atoms with Gasteiger partial charge in [0.05, 0.1) is 38.3 Å². The molecule has 66 heavy (non-hydrogen) atoms. The number of hydrogen-bond donors (Lipinski definition) is 4. The van der Waals surface area contributed by atoms with Gasteiger partial charge < -0.3 is 29.2 Å². The molecule has 0 saturated carbocycles. The van der Waals surface area contributed by atoms with Crippen LogP contribution in [-0.4, -0.2) is 82.3 Å². The molecule has 0 aliphatic carbocycles. The molecule has 6 rings (SSSR count). The highest BCUT2D eigenvalue weighted by molar-refractivity contribution is 7.90. The minimum Gasteiger partial charge on any atom is -0.480 e. The van der Waals surface area contributed by atoms with Gasteiger partial charge in [-0.15, -0.1) is 0 Å². The average molecular weight is 1020 g/mol. The first-order valence-corrected chi connectivity index (χ1v) is 21.0. The highest BCUT2D eigenvalue weighted by atomic mass is 35.5. The van der Waals surface area contributed by atoms with E-state index in [1.165, 1.54) is 37.4 Å². The number of aryl methyl sites for hydroxylation is 1. The maximum atomic E-state index is 12.7. The summed E-state index contributed by atoms with van der Waals surface area (Å²) in [4.78, 5) is 60.4. The Morgan fingerprint density at radius 2 is 1.50 bits per heavy atom. The number of aromatic nitrogens is 4. The molecule has 26 heteroatoms. The van der Waals surface area contributed by atoms with Gasteiger partial charge in [-0.05, 0) is 86.6 Å². The Morgan fingerprint density at radius 1 is 0.818 bits per heavy atom. The van der Waals surface area contributed by atoms with Gasteiger partial charge in [-0.2, -0.15) is 28.1 Å². The number of aliphatic carboxylic acids is 2. The van der Waals surface area contributed by atoms with E-state index in [0.29, 0.717) is 28.2 Å². The molecule has 1 atom stereocenters. The smallest absolute Gasteiger partial charge is 0.416 e. The molecule has 0 aliphatic rings. The lowest BCUT2D eigenvalue weighted by atomic mass is 10.2. The Bertz CT molecular complexity index is 2880. The van der Waals surface area contributed by atoms with Crippen molar-refractivity contribution in [2.75, 3.05) is 19.0 Å². The fourth-order valence-electron chi connectivity index (χ4n) is 4.82. The number of carbonyl (C=O) groups excluding carboxylic acids is 2. The van der Waals surface area contributed by atoms with Gasteiger partial charge in [0.1, 0.15) is 33.5 Å². The molecule has 0 radical (unpaired) electrons. The van der Waals surface area contributed by atoms with Gasteiger partial charge in [-0.25, -0.2) is 32.3 Å². The van der Waals surface area contributed by atoms with Crippen LogP contribution in [0.4, 0.5) is 23.9 Å². The van der Waals surface area contributed by atoms with Crippen molar-refractivity contribution in [3.63, 3.8) is 0 Å². The number of methoxy groups -OCH3 is 1. The summed E-state index contributed by atoms with van der Waals surface area (Å²) in [6.07, 6.45) is -4.35. The SMILES string of the molecule is COc1nc(C)nc(NC(=O)NS(=O)(=O)c2ccccc2Cl)n1.C[C@H](OC(=O)c1cc(Oc2ccc(C(F)(F)F)cc2Cl)ccc1Cl)C(=O)O.O=C(O)COc1ccc(Cl)c2cccnc12. The quantitative estimate of drug-likeness (QED) is 0.0833. The number of sulfonamides is 1. The lowest BCUT2D eigenvalue weighted by Gasteiger charge is -2.13. The van der Waals surface area contributed by atoms with Crippen LogP contribution >= 0.6 is 46.4 Å². The zero-order chi connectivity index (χ0) is 48.9. The second-order valence-electron chi connectivity index (χ2n) is 12.6. The largest absolute Gasteiger partial charge is 0.480 e. The number of halogens is 7. The predicted octanol–water partition coefficient (Wildman–Crippen LogP) is 9.14. The van der Waals surface area contributed by atoms with Crippen LogP contribution in [0.25, 0.3) is 10.9 Å². The fourth-order valence-corrected chi connectivity index (χ4v) is 6.88. The van der Waals surface area contributed by atoms with E-state index in [-0.39, 0.29) is 49.0 Å². The second-order valence-corrected chi connectivity index (χ2v) is 15.9. The summed E-state index contributed by atoms with van der Waals surface area (Å²) in [6.45, 7) is 2.33. The standard InChI is InChI=1S/C17H11Cl2F3O5.C12H12ClN5O4S.C11H8ClNO3/c1-8(15(23)24)26-16(25)11-7-10(3-4-12(11)18)27-14-5-2-9(6-13(14)19)17(20,21)22;1-7-14-10(17-12(15-7)22-2)16-11(19)18-23(20,21)9-6-4-3-5-8(9)13;12-8-3-4-9(16-6-10(14)15)11-7(8)2-1-5-13-11/h2-8H,1H3,(H,23,24);3-6H,1-2H3,(H2,14,15,16,17,18,19);1-5H,6H2,(H,14,15)/t8-;;/m0../s1. The number of rotatable bonds is 12. The number of anilines is 1. The van der Waals surface area contributed by atoms with Gasteiger partial charge in [-0.3, -0.25) is 10.3 Å². The molecule has 348 valence electrons. The van der Waals surface area contributed by atoms with Gasteiger partial charge in [0, 0.05) is 11.6 Å². The number of esters is 1. The number of ether oxygens (including phenoxy) is 4. The number of alkyl halides is 3. The highest BCUT2D eigenvalue weighted by Crippen LogP contribution is 2.37. The molecule has 6 aromatic rings. The van der Waals surface area contributed by atoms with E-state index in [2.05, 4.69) is 25.3 Å². The molecule has 0 bridgehead atoms. The van der Waals surface area contributed by atoms with Crippen LogP contribution < -0.4 is 24.2 Å². The maximum Gasteiger partial charge on any atom is 0.416 e. The topological polar surface area (TPSA) is 255 Å². The molecule has 0 saturated heterocycles. The highest BCUT2D eigenvalue weighted by Gasteiger charge is 2.31. The summed E-state index contributed by atoms with van der Waals surface area (Å²) in [5, 5.41) is 20.5. The summed E-state index contributed by atoms with van der Waals surface area (Å²) in [5.74, 6) is -2.85. The van der Waals surface area contributed by atoms with E-state index in [0.717, 1.165) is 30.5 Å². The first kappa shape index (κ1) is 51.9. The van der Waals surface area contributed by atoms with Crippen molar-refractivity contribution < 1.29 is 69.9 Å². The van der Waals surface area contributed by atoms with E-state index in [4.69, 9.17) is 75.6 Å². The van der Waals surface area contributed by atoms with Crippen molar-refractivity contribution in [1.82, 2.24) is 24.7 Å². The van der Waals surface area contributed by atoms with Crippen LogP contribution in [0.3, 0.4) is 0 Å². The summed E-state index contributed by atoms with van der Waals surface area (Å²) < 4.78 is 84.1. The minimum absolute atomic E-state index is 0.00882. The van der Waals surface area contributed by atoms with Gasteiger partial charge >= 0.3 is 36.1 Å². The van der Waals surface area contributed by atoms with E-state index >= 15 is 0 Å². The van der Waals surface area contributed by atoms with Gasteiger partial charge in [0.25, 0.3) is 10.0 Å². The fraction of sp³-hybridized carbons (Fsp3) is 0.150. The molecule has 0 fully saturated rings. The van der Waals surface area contributed by atoms with E-state index < -0.39 is 58.4 Å². The molecule has 4 aromatic carbocycles. The van der Waals surface area contributed by atoms with Crippen molar-refractivity contribution in [3.8, 4) is 23.3 Å². The van der Waals surface area contributed by atoms with Crippen LogP contribution in [0.15, 0.2) is 96.0 Å². The van der Waals surface area contributed by atoms with Crippen molar-refractivity contribution >= 4 is 97.2 Å². The third-order valence-corrected chi connectivity index (χ3v) is 10.6. The molecule has 2 heterocycles. The second kappa shape index (κ2) is 22.9. The normalized spacial score (nSPS) is 11.4. The Morgan fingerprint density at radius 3 is 2.14 bits per heavy atom. The summed E-state index contributed by atoms with van der Waals surface area (Å²) in [5.41, 5.74) is -0.551. The van der Waals surface area contributed by atoms with Crippen LogP contribution in [0.2, 0.25) is 20.1 Å². The summed E-state index contributed by atoms with van der Waals surface area (Å²) in [6, 6.07) is 17.8. The van der Waals surface area contributed by atoms with Crippen molar-refractivity contribution in [3.05, 3.63) is 128 Å². The Balaban J connectivity index is 0.000000223. The van der Waals surface area contributed by atoms with Gasteiger partial charge in [-0.1, -0.05) is 58.5 Å². The number of nitrogens with one attached hydrogen (secondary N) is 2. The van der Waals surface area contributed by atoms with Crippen LogP contribution in [0, 0.1) is 6.92 Å². The van der Waals surface area contributed by atoms with Crippen LogP contribution in [0.1, 0.15) is 28.7 Å². The lowest BCUT2D eigenvalue weighted by molar-refractivity contribution is -0.146. The Hall–Kier alpha value is -6.72. The third-order valence-electron chi connectivity index (χ3n) is 7.79. The monoisotopic (exact) mass is 1020 g/mol. The molecule has 0 spiro atoms. The first-order valence-electron chi connectivity index (χ1n) is 18.0. The van der Waals surface area contributed by atoms with Crippen LogP contribution in [0.5, 0.6) is 23.3 Å². The molecule has 2 aromatic heterocycles. The number of carboxylic acids is 2. The molecule has 18 nitrogen and oxygen atoms in total. The van der Waals surface area contributed by atoms with E-state index in [1.54, 1.807) is 43.5 Å². The predicted molar refractivity (Wildman–Crippen MR) is 232 cm³/mol. The number of benzene rings is 4. The summed E-state index contributed by atoms with van der Waals surface area (Å²) >= 11 is 23.5. The molecule has 2 amide bonds. The number of amides is 2. The number of nitrogens with zero attached hydrogens (tertiary/aromatic N) is 4. The number of fused-ring (bicyclic) bond motifs is 1. The number of urea groups is 1. The molecular formula is C40H31Cl4F3N6O12S. The van der Waals surface area contributed by atoms with Crippen molar-refractivity contribution in [2.45, 2.75) is 31.0 Å². The molecule has 0 unspecified atom stereocenters. The minimum atomic E-state index is -4.56. The zero-order valence-corrected chi connectivity index (χ0v) is 37.6. The lowest BCUT2D eigenvalue weighted by Crippen LogP contribution is -2.35. The zero-order valence-electron chi connectivity index (χ0n) is 33.8. The number of carboxylic acid groups (broad SMARTS) is 2. The van der Waals surface area contributed by atoms with Crippen LogP contribution in [-0.2, 0) is 30.5 Å². The Labute approximate surface area is 391 Å². The summed E-state index contributed by atoms with van der Waals surface area (Å²) in [7, 11) is -2.78. The first-order chi connectivity index (χ1) is 31.0. The van der Waals surface area contributed by atoms with Gasteiger partial charge in [0.2, 0.25) is 5.95 Å². The number of carbonyl (C=O) groups is 4. The number of hydrogen-bond acceptors (Lipinski definition) is 14. The van der Waals surface area contributed by atoms with Crippen molar-refractivity contribution in [2.24, 2.45) is 0 Å². The maximum absolute atomic E-state index is 12.7. The van der Waals surface area contributed by atoms with E-state index in [1.807, 2.05) is 4.72 Å². The van der Waals surface area contributed by atoms with Crippen molar-refractivity contribution in [1.29, 1.82) is 0 Å². The van der Waals surface area contributed by atoms with Gasteiger partial charge in [0.15, 0.2) is 12.7 Å². The average Bonchev–Trinajstić information content (AvgIpc) is 3.24. The molecule has 4 N–H and O–H groups in total. The number of pyridine rings is 1.